The minimum Gasteiger partial charge on any atom is -0.335 e. The van der Waals surface area contributed by atoms with E-state index in [1.807, 2.05) is 68.8 Å². The number of anilines is 1. The number of aromatic nitrogens is 1. The molecule has 1 N–H and O–H groups in total. The van der Waals surface area contributed by atoms with E-state index in [2.05, 4.69) is 17.3 Å². The highest BCUT2D eigenvalue weighted by Crippen LogP contribution is 2.26. The second-order valence-corrected chi connectivity index (χ2v) is 8.96. The van der Waals surface area contributed by atoms with E-state index in [0.29, 0.717) is 5.56 Å². The molecule has 5 heteroatoms. The lowest BCUT2D eigenvalue weighted by Gasteiger charge is -2.20. The summed E-state index contributed by atoms with van der Waals surface area (Å²) in [5.41, 5.74) is 5.62. The molecule has 0 radical (unpaired) electrons. The van der Waals surface area contributed by atoms with Crippen LogP contribution in [-0.4, -0.2) is 41.8 Å². The van der Waals surface area contributed by atoms with Crippen LogP contribution in [0, 0.1) is 20.8 Å². The van der Waals surface area contributed by atoms with Gasteiger partial charge in [-0.15, -0.1) is 0 Å². The van der Waals surface area contributed by atoms with E-state index in [-0.39, 0.29) is 11.9 Å². The molecule has 1 aromatic heterocycles. The minimum absolute atomic E-state index is 0.0648. The van der Waals surface area contributed by atoms with Crippen molar-refractivity contribution < 1.29 is 9.59 Å². The van der Waals surface area contributed by atoms with Crippen LogP contribution in [0.2, 0.25) is 0 Å². The highest BCUT2D eigenvalue weighted by atomic mass is 16.2. The Morgan fingerprint density at radius 2 is 1.72 bits per heavy atom. The van der Waals surface area contributed by atoms with Gasteiger partial charge in [-0.2, -0.15) is 0 Å². The van der Waals surface area contributed by atoms with Gasteiger partial charge in [-0.25, -0.2) is 0 Å². The molecule has 32 heavy (non-hydrogen) atoms. The monoisotopic (exact) mass is 433 g/mol. The Hall–Kier alpha value is -2.92. The van der Waals surface area contributed by atoms with Gasteiger partial charge in [-0.05, 0) is 102 Å². The van der Waals surface area contributed by atoms with Gasteiger partial charge in [0, 0.05) is 28.4 Å². The average Bonchev–Trinajstić information content (AvgIpc) is 3.12. The van der Waals surface area contributed by atoms with Crippen molar-refractivity contribution in [3.05, 3.63) is 64.8 Å². The summed E-state index contributed by atoms with van der Waals surface area (Å²) in [6.45, 7) is 10.5. The summed E-state index contributed by atoms with van der Waals surface area (Å²) < 4.78 is 1.96. The number of likely N-dealkylation sites (tertiary alicyclic amines) is 1. The second kappa shape index (κ2) is 10.6. The fourth-order valence-electron chi connectivity index (χ4n) is 4.12. The van der Waals surface area contributed by atoms with Gasteiger partial charge in [0.1, 0.15) is 12.3 Å². The van der Waals surface area contributed by atoms with Crippen molar-refractivity contribution in [2.45, 2.75) is 53.0 Å². The molecule has 2 aromatic carbocycles. The number of aldehydes is 1. The molecule has 1 atom stereocenters. The number of hydrogen-bond acceptors (Lipinski definition) is 3. The van der Waals surface area contributed by atoms with Crippen LogP contribution in [0.3, 0.4) is 0 Å². The van der Waals surface area contributed by atoms with Gasteiger partial charge in [-0.3, -0.25) is 9.59 Å². The number of hydrogen-bond donors (Lipinski definition) is 1. The summed E-state index contributed by atoms with van der Waals surface area (Å²) in [5.74, 6) is -0.0648. The molecule has 0 spiro atoms. The number of rotatable bonds is 4. The van der Waals surface area contributed by atoms with Crippen LogP contribution < -0.4 is 5.32 Å². The van der Waals surface area contributed by atoms with E-state index in [9.17, 15) is 9.59 Å². The van der Waals surface area contributed by atoms with Gasteiger partial charge >= 0.3 is 0 Å². The number of carbonyl (C=O) groups is 2. The number of benzene rings is 2. The predicted molar refractivity (Wildman–Crippen MR) is 133 cm³/mol. The third-order valence-electron chi connectivity index (χ3n) is 6.22. The number of fused-ring (bicyclic) bond motifs is 1. The van der Waals surface area contributed by atoms with Crippen molar-refractivity contribution in [3.63, 3.8) is 0 Å². The third-order valence-corrected chi connectivity index (χ3v) is 6.22. The number of amides is 1. The van der Waals surface area contributed by atoms with Gasteiger partial charge in [-0.1, -0.05) is 18.6 Å². The van der Waals surface area contributed by atoms with Crippen LogP contribution in [-0.2, 0) is 4.79 Å². The maximum atomic E-state index is 12.8. The van der Waals surface area contributed by atoms with Crippen molar-refractivity contribution >= 4 is 28.8 Å². The number of nitrogens with zero attached hydrogens (tertiary/aromatic N) is 2. The lowest BCUT2D eigenvalue weighted by Crippen LogP contribution is -2.24. The molecule has 1 aliphatic rings. The second-order valence-electron chi connectivity index (χ2n) is 8.96. The highest BCUT2D eigenvalue weighted by Gasteiger charge is 2.19. The standard InChI is InChI=1S/C21H22N2O2.C6H13N/c1-13-5-6-14(2)19(9-13)22-21(25)16(4)23-11-15(3)18-10-17(12-24)7-8-20(18)23;1-7-5-3-2-4-6-7/h5-12,16H,1-4H3,(H,22,25);2-6H2,1H3. The SMILES string of the molecule is CN1CCCCC1.Cc1ccc(C)c(NC(=O)C(C)n2cc(C)c3cc(C=O)ccc32)c1. The molecule has 1 aliphatic heterocycles. The maximum absolute atomic E-state index is 12.8. The first-order chi connectivity index (χ1) is 15.3. The zero-order valence-corrected chi connectivity index (χ0v) is 19.9. The van der Waals surface area contributed by atoms with Crippen molar-refractivity contribution in [2.24, 2.45) is 0 Å². The zero-order valence-electron chi connectivity index (χ0n) is 19.9. The van der Waals surface area contributed by atoms with Crippen LogP contribution in [0.5, 0.6) is 0 Å². The third kappa shape index (κ3) is 5.65. The van der Waals surface area contributed by atoms with Crippen LogP contribution in [0.1, 0.15) is 59.3 Å². The zero-order chi connectivity index (χ0) is 23.3. The fourth-order valence-corrected chi connectivity index (χ4v) is 4.12. The van der Waals surface area contributed by atoms with Gasteiger partial charge in [0.25, 0.3) is 0 Å². The maximum Gasteiger partial charge on any atom is 0.247 e. The molecule has 2 heterocycles. The van der Waals surface area contributed by atoms with Crippen molar-refractivity contribution in [3.8, 4) is 0 Å². The molecular weight excluding hydrogens is 398 g/mol. The van der Waals surface area contributed by atoms with E-state index < -0.39 is 0 Å². The average molecular weight is 434 g/mol. The molecule has 1 amide bonds. The molecule has 1 unspecified atom stereocenters. The van der Waals surface area contributed by atoms with Crippen molar-refractivity contribution in [1.29, 1.82) is 0 Å². The fraction of sp³-hybridized carbons (Fsp3) is 0.407. The minimum atomic E-state index is -0.363. The summed E-state index contributed by atoms with van der Waals surface area (Å²) in [7, 11) is 2.19. The van der Waals surface area contributed by atoms with Crippen LogP contribution >= 0.6 is 0 Å². The smallest absolute Gasteiger partial charge is 0.247 e. The first kappa shape index (κ1) is 23.7. The Balaban J connectivity index is 0.000000352. The quantitative estimate of drug-likeness (QED) is 0.539. The Morgan fingerprint density at radius 3 is 2.34 bits per heavy atom. The molecule has 1 fully saturated rings. The number of piperidine rings is 1. The lowest BCUT2D eigenvalue weighted by atomic mass is 10.1. The Morgan fingerprint density at radius 1 is 1.00 bits per heavy atom. The first-order valence-corrected chi connectivity index (χ1v) is 11.4. The molecule has 4 rings (SSSR count). The topological polar surface area (TPSA) is 54.3 Å². The van der Waals surface area contributed by atoms with E-state index >= 15 is 0 Å². The van der Waals surface area contributed by atoms with Crippen LogP contribution in [0.4, 0.5) is 5.69 Å². The van der Waals surface area contributed by atoms with Crippen molar-refractivity contribution in [1.82, 2.24) is 9.47 Å². The number of aryl methyl sites for hydroxylation is 3. The molecule has 5 nitrogen and oxygen atoms in total. The van der Waals surface area contributed by atoms with E-state index in [1.54, 1.807) is 6.07 Å². The molecule has 3 aromatic rings. The van der Waals surface area contributed by atoms with E-state index in [0.717, 1.165) is 39.6 Å². The first-order valence-electron chi connectivity index (χ1n) is 11.4. The van der Waals surface area contributed by atoms with Gasteiger partial charge in [0.15, 0.2) is 0 Å². The normalized spacial score (nSPS) is 15.0. The molecule has 0 bridgehead atoms. The Bertz CT molecular complexity index is 1090. The predicted octanol–water partition coefficient (Wildman–Crippen LogP) is 5.68. The van der Waals surface area contributed by atoms with Gasteiger partial charge in [0.05, 0.1) is 0 Å². The Kier molecular flexibility index (Phi) is 7.86. The van der Waals surface area contributed by atoms with Crippen LogP contribution in [0.25, 0.3) is 10.9 Å². The van der Waals surface area contributed by atoms with E-state index in [4.69, 9.17) is 0 Å². The van der Waals surface area contributed by atoms with Gasteiger partial charge < -0.3 is 14.8 Å². The molecule has 170 valence electrons. The summed E-state index contributed by atoms with van der Waals surface area (Å²) in [4.78, 5) is 26.2. The number of carbonyl (C=O) groups excluding carboxylic acids is 2. The summed E-state index contributed by atoms with van der Waals surface area (Å²) >= 11 is 0. The Labute approximate surface area is 191 Å². The number of nitrogens with one attached hydrogen (secondary N) is 1. The van der Waals surface area contributed by atoms with Crippen LogP contribution in [0.15, 0.2) is 42.6 Å². The molecule has 0 aliphatic carbocycles. The lowest BCUT2D eigenvalue weighted by molar-refractivity contribution is -0.118. The largest absolute Gasteiger partial charge is 0.335 e. The summed E-state index contributed by atoms with van der Waals surface area (Å²) in [6.07, 6.45) is 7.08. The highest BCUT2D eigenvalue weighted by molar-refractivity contribution is 5.96. The summed E-state index contributed by atoms with van der Waals surface area (Å²) in [6, 6.07) is 11.2. The molecule has 0 saturated carbocycles. The van der Waals surface area contributed by atoms with E-state index in [1.165, 1.54) is 32.4 Å². The van der Waals surface area contributed by atoms with Gasteiger partial charge in [0.2, 0.25) is 5.91 Å². The molecular formula is C27H35N3O2. The summed E-state index contributed by atoms with van der Waals surface area (Å²) in [5, 5.41) is 4.03. The van der Waals surface area contributed by atoms with Crippen molar-refractivity contribution in [2.75, 3.05) is 25.5 Å². The molecule has 1 saturated heterocycles.